The number of nitrogens with one attached hydrogen (secondary N) is 1. The van der Waals surface area contributed by atoms with E-state index in [1.807, 2.05) is 13.0 Å². The first-order valence-electron chi connectivity index (χ1n) is 9.60. The van der Waals surface area contributed by atoms with Crippen molar-refractivity contribution in [3.63, 3.8) is 0 Å². The van der Waals surface area contributed by atoms with Crippen molar-refractivity contribution in [2.75, 3.05) is 16.8 Å². The molecule has 0 radical (unpaired) electrons. The average molecular weight is 428 g/mol. The number of hydrogen-bond acceptors (Lipinski definition) is 4. The molecular weight excluding hydrogens is 409 g/mol. The van der Waals surface area contributed by atoms with Crippen molar-refractivity contribution in [1.82, 2.24) is 14.8 Å². The number of benzene rings is 2. The summed E-state index contributed by atoms with van der Waals surface area (Å²) in [7, 11) is 0. The average Bonchev–Trinajstić information content (AvgIpc) is 3.35. The van der Waals surface area contributed by atoms with Gasteiger partial charge < -0.3 is 10.2 Å². The Kier molecular flexibility index (Phi) is 5.50. The summed E-state index contributed by atoms with van der Waals surface area (Å²) in [6, 6.07) is 11.4. The van der Waals surface area contributed by atoms with E-state index in [0.29, 0.717) is 42.3 Å². The van der Waals surface area contributed by atoms with E-state index < -0.39 is 11.7 Å². The fraction of sp³-hybridized carbons (Fsp3) is 0.238. The van der Waals surface area contributed by atoms with E-state index in [2.05, 4.69) is 15.4 Å². The molecular formula is C21H19ClFN5O2. The molecule has 1 aliphatic heterocycles. The standard InChI is InChI=1S/C21H19ClFN5O2/c1-2-18-25-20(26-28(18)16-7-4-3-6-14(16)22)21(30)24-13-9-10-17(15(23)12-13)27-11-5-8-19(27)29/h3-4,6-7,9-10,12H,2,5,8,11H2,1H3,(H,24,30). The second-order valence-electron chi connectivity index (χ2n) is 6.84. The molecule has 2 heterocycles. The normalized spacial score (nSPS) is 13.7. The second kappa shape index (κ2) is 8.23. The van der Waals surface area contributed by atoms with E-state index in [9.17, 15) is 14.0 Å². The second-order valence-corrected chi connectivity index (χ2v) is 7.24. The van der Waals surface area contributed by atoms with Crippen LogP contribution in [0.25, 0.3) is 5.69 Å². The van der Waals surface area contributed by atoms with Crippen LogP contribution < -0.4 is 10.2 Å². The molecule has 1 aromatic heterocycles. The van der Waals surface area contributed by atoms with Crippen molar-refractivity contribution in [1.29, 1.82) is 0 Å². The van der Waals surface area contributed by atoms with Gasteiger partial charge in [-0.25, -0.2) is 14.1 Å². The third-order valence-corrected chi connectivity index (χ3v) is 5.16. The van der Waals surface area contributed by atoms with Crippen LogP contribution in [0.15, 0.2) is 42.5 Å². The molecule has 0 atom stereocenters. The number of hydrogen-bond donors (Lipinski definition) is 1. The molecule has 0 bridgehead atoms. The lowest BCUT2D eigenvalue weighted by molar-refractivity contribution is -0.117. The van der Waals surface area contributed by atoms with Gasteiger partial charge in [-0.2, -0.15) is 0 Å². The Morgan fingerprint density at radius 1 is 1.23 bits per heavy atom. The minimum Gasteiger partial charge on any atom is -0.319 e. The van der Waals surface area contributed by atoms with Gasteiger partial charge in [0.05, 0.1) is 16.4 Å². The van der Waals surface area contributed by atoms with Crippen LogP contribution in [0.4, 0.5) is 15.8 Å². The molecule has 3 aromatic rings. The zero-order valence-electron chi connectivity index (χ0n) is 16.2. The van der Waals surface area contributed by atoms with Gasteiger partial charge in [-0.3, -0.25) is 9.59 Å². The highest BCUT2D eigenvalue weighted by molar-refractivity contribution is 6.32. The van der Waals surface area contributed by atoms with Crippen molar-refractivity contribution >= 4 is 34.8 Å². The van der Waals surface area contributed by atoms with Gasteiger partial charge in [0, 0.05) is 25.1 Å². The number of aryl methyl sites for hydroxylation is 1. The number of rotatable bonds is 5. The third-order valence-electron chi connectivity index (χ3n) is 4.84. The van der Waals surface area contributed by atoms with Crippen LogP contribution in [0.3, 0.4) is 0 Å². The quantitative estimate of drug-likeness (QED) is 0.667. The highest BCUT2D eigenvalue weighted by Gasteiger charge is 2.25. The summed E-state index contributed by atoms with van der Waals surface area (Å²) >= 11 is 6.24. The lowest BCUT2D eigenvalue weighted by atomic mass is 10.2. The largest absolute Gasteiger partial charge is 0.319 e. The minimum atomic E-state index is -0.577. The zero-order chi connectivity index (χ0) is 21.3. The Balaban J connectivity index is 1.57. The molecule has 1 fully saturated rings. The van der Waals surface area contributed by atoms with Gasteiger partial charge in [0.15, 0.2) is 0 Å². The maximum atomic E-state index is 14.5. The number of para-hydroxylation sites is 1. The van der Waals surface area contributed by atoms with Crippen LogP contribution >= 0.6 is 11.6 Å². The maximum absolute atomic E-state index is 14.5. The van der Waals surface area contributed by atoms with E-state index in [0.717, 1.165) is 0 Å². The van der Waals surface area contributed by atoms with E-state index in [1.165, 1.54) is 21.7 Å². The van der Waals surface area contributed by atoms with E-state index in [4.69, 9.17) is 11.6 Å². The fourth-order valence-electron chi connectivity index (χ4n) is 3.38. The molecule has 9 heteroatoms. The van der Waals surface area contributed by atoms with E-state index >= 15 is 0 Å². The minimum absolute atomic E-state index is 0.0500. The number of carbonyl (C=O) groups is 2. The van der Waals surface area contributed by atoms with Gasteiger partial charge >= 0.3 is 0 Å². The van der Waals surface area contributed by atoms with E-state index in [1.54, 1.807) is 24.3 Å². The van der Waals surface area contributed by atoms with Crippen molar-refractivity contribution < 1.29 is 14.0 Å². The summed E-state index contributed by atoms with van der Waals surface area (Å²) in [6.07, 6.45) is 1.66. The van der Waals surface area contributed by atoms with Crippen LogP contribution in [0.1, 0.15) is 36.2 Å². The number of aromatic nitrogens is 3. The number of anilines is 2. The topological polar surface area (TPSA) is 80.1 Å². The molecule has 7 nitrogen and oxygen atoms in total. The number of carbonyl (C=O) groups excluding carboxylic acids is 2. The molecule has 0 unspecified atom stereocenters. The molecule has 30 heavy (non-hydrogen) atoms. The van der Waals surface area contributed by atoms with Crippen molar-refractivity contribution in [3.05, 3.63) is 65.0 Å². The van der Waals surface area contributed by atoms with Crippen molar-refractivity contribution in [3.8, 4) is 5.69 Å². The molecule has 0 aliphatic carbocycles. The molecule has 2 amide bonds. The summed E-state index contributed by atoms with van der Waals surface area (Å²) < 4.78 is 16.0. The summed E-state index contributed by atoms with van der Waals surface area (Å²) in [4.78, 5) is 30.2. The van der Waals surface area contributed by atoms with Gasteiger partial charge in [-0.15, -0.1) is 5.10 Å². The lowest BCUT2D eigenvalue weighted by Crippen LogP contribution is -2.24. The van der Waals surface area contributed by atoms with Gasteiger partial charge in [-0.1, -0.05) is 30.7 Å². The van der Waals surface area contributed by atoms with Gasteiger partial charge in [0.25, 0.3) is 5.91 Å². The van der Waals surface area contributed by atoms with Crippen molar-refractivity contribution in [2.45, 2.75) is 26.2 Å². The van der Waals surface area contributed by atoms with Gasteiger partial charge in [0.1, 0.15) is 11.6 Å². The van der Waals surface area contributed by atoms with Crippen LogP contribution in [0, 0.1) is 5.82 Å². The molecule has 1 aliphatic rings. The highest BCUT2D eigenvalue weighted by atomic mass is 35.5. The molecule has 1 saturated heterocycles. The summed E-state index contributed by atoms with van der Waals surface area (Å²) in [6.45, 7) is 2.39. The summed E-state index contributed by atoms with van der Waals surface area (Å²) in [5.74, 6) is -0.729. The Labute approximate surface area is 177 Å². The molecule has 154 valence electrons. The predicted molar refractivity (Wildman–Crippen MR) is 112 cm³/mol. The monoisotopic (exact) mass is 427 g/mol. The lowest BCUT2D eigenvalue weighted by Gasteiger charge is -2.17. The van der Waals surface area contributed by atoms with Gasteiger partial charge in [0.2, 0.25) is 11.7 Å². The molecule has 1 N–H and O–H groups in total. The third kappa shape index (κ3) is 3.78. The first-order chi connectivity index (χ1) is 14.5. The Bertz CT molecular complexity index is 1130. The van der Waals surface area contributed by atoms with Crippen LogP contribution in [0.5, 0.6) is 0 Å². The Morgan fingerprint density at radius 3 is 2.70 bits per heavy atom. The van der Waals surface area contributed by atoms with Gasteiger partial charge in [-0.05, 0) is 36.8 Å². The number of nitrogens with zero attached hydrogens (tertiary/aromatic N) is 4. The van der Waals surface area contributed by atoms with E-state index in [-0.39, 0.29) is 23.1 Å². The smallest absolute Gasteiger partial charge is 0.295 e. The Morgan fingerprint density at radius 2 is 2.03 bits per heavy atom. The predicted octanol–water partition coefficient (Wildman–Crippen LogP) is 4.00. The first-order valence-corrected chi connectivity index (χ1v) is 9.98. The summed E-state index contributed by atoms with van der Waals surface area (Å²) in [5.41, 5.74) is 1.08. The Hall–Kier alpha value is -3.26. The first kappa shape index (κ1) is 20.0. The molecule has 0 saturated carbocycles. The highest BCUT2D eigenvalue weighted by Crippen LogP contribution is 2.27. The SMILES string of the molecule is CCc1nc(C(=O)Nc2ccc(N3CCCC3=O)c(F)c2)nn1-c1ccccc1Cl. The van der Waals surface area contributed by atoms with Crippen LogP contribution in [-0.2, 0) is 11.2 Å². The maximum Gasteiger partial charge on any atom is 0.295 e. The van der Waals surface area contributed by atoms with Crippen molar-refractivity contribution in [2.24, 2.45) is 0 Å². The van der Waals surface area contributed by atoms with Crippen LogP contribution in [0.2, 0.25) is 5.02 Å². The fourth-order valence-corrected chi connectivity index (χ4v) is 3.60. The summed E-state index contributed by atoms with van der Waals surface area (Å²) in [5, 5.41) is 7.37. The molecule has 2 aromatic carbocycles. The molecule has 4 rings (SSSR count). The number of halogens is 2. The number of amides is 2. The molecule has 0 spiro atoms. The zero-order valence-corrected chi connectivity index (χ0v) is 17.0. The van der Waals surface area contributed by atoms with Crippen LogP contribution in [-0.4, -0.2) is 33.1 Å².